The molecule has 0 aliphatic rings. The van der Waals surface area contributed by atoms with Crippen molar-refractivity contribution < 1.29 is 13.9 Å². The number of pyridine rings is 1. The number of nitrogens with zero attached hydrogens (tertiary/aromatic N) is 1. The molecular weight excluding hydrogens is 259 g/mol. The van der Waals surface area contributed by atoms with Gasteiger partial charge < -0.3 is 10.5 Å². The number of ether oxygens (including phenoxy) is 1. The number of carbonyl (C=O) groups is 1. The first kappa shape index (κ1) is 14.2. The van der Waals surface area contributed by atoms with Crippen molar-refractivity contribution in [2.75, 3.05) is 0 Å². The Morgan fingerprint density at radius 2 is 2.10 bits per heavy atom. The summed E-state index contributed by atoms with van der Waals surface area (Å²) in [6.45, 7) is 5.61. The fourth-order valence-electron chi connectivity index (χ4n) is 2.28. The topological polar surface area (TPSA) is 65.2 Å². The molecule has 0 bridgehead atoms. The molecule has 1 aromatic heterocycles. The first-order chi connectivity index (χ1) is 9.43. The fourth-order valence-corrected chi connectivity index (χ4v) is 2.28. The third-order valence-corrected chi connectivity index (χ3v) is 3.44. The second kappa shape index (κ2) is 5.45. The molecule has 4 nitrogen and oxygen atoms in total. The van der Waals surface area contributed by atoms with E-state index in [2.05, 4.69) is 4.98 Å². The van der Waals surface area contributed by atoms with E-state index >= 15 is 0 Å². The van der Waals surface area contributed by atoms with Gasteiger partial charge in [0.2, 0.25) is 0 Å². The maximum atomic E-state index is 13.8. The highest BCUT2D eigenvalue weighted by atomic mass is 19.1. The summed E-state index contributed by atoms with van der Waals surface area (Å²) in [5.74, 6) is -0.303. The van der Waals surface area contributed by atoms with Gasteiger partial charge in [0.25, 0.3) is 0 Å². The van der Waals surface area contributed by atoms with Gasteiger partial charge in [-0.15, -0.1) is 0 Å². The van der Waals surface area contributed by atoms with Crippen molar-refractivity contribution in [2.45, 2.75) is 33.8 Å². The van der Waals surface area contributed by atoms with Crippen LogP contribution in [0.2, 0.25) is 0 Å². The number of aromatic nitrogens is 1. The summed E-state index contributed by atoms with van der Waals surface area (Å²) in [7, 11) is 0. The molecule has 0 radical (unpaired) electrons. The third kappa shape index (κ3) is 2.57. The second-order valence-corrected chi connectivity index (χ2v) is 4.74. The number of hydrogen-bond donors (Lipinski definition) is 1. The Kier molecular flexibility index (Phi) is 3.88. The number of aryl methyl sites for hydroxylation is 2. The van der Waals surface area contributed by atoms with Gasteiger partial charge in [0.15, 0.2) is 0 Å². The van der Waals surface area contributed by atoms with Crippen LogP contribution in [0.3, 0.4) is 0 Å². The molecule has 2 N–H and O–H groups in total. The average molecular weight is 276 g/mol. The van der Waals surface area contributed by atoms with Crippen LogP contribution in [0.25, 0.3) is 10.9 Å². The number of primary amides is 1. The molecule has 0 fully saturated rings. The summed E-state index contributed by atoms with van der Waals surface area (Å²) in [5, 5.41) is 0.657. The van der Waals surface area contributed by atoms with E-state index in [9.17, 15) is 9.18 Å². The maximum Gasteiger partial charge on any atom is 0.404 e. The average Bonchev–Trinajstić information content (AvgIpc) is 2.39. The Hall–Kier alpha value is -2.17. The van der Waals surface area contributed by atoms with E-state index in [1.165, 1.54) is 6.07 Å². The van der Waals surface area contributed by atoms with Crippen LogP contribution in [0.15, 0.2) is 12.1 Å². The summed E-state index contributed by atoms with van der Waals surface area (Å²) in [5.41, 5.74) is 8.82. The van der Waals surface area contributed by atoms with E-state index in [1.54, 1.807) is 13.0 Å². The van der Waals surface area contributed by atoms with Gasteiger partial charge >= 0.3 is 6.09 Å². The first-order valence-electron chi connectivity index (χ1n) is 6.44. The van der Waals surface area contributed by atoms with E-state index in [-0.39, 0.29) is 12.4 Å². The molecule has 1 heterocycles. The molecule has 0 atom stereocenters. The maximum absolute atomic E-state index is 13.8. The predicted molar refractivity (Wildman–Crippen MR) is 74.9 cm³/mol. The Morgan fingerprint density at radius 1 is 1.40 bits per heavy atom. The van der Waals surface area contributed by atoms with E-state index < -0.39 is 6.09 Å². The smallest absolute Gasteiger partial charge is 0.404 e. The Morgan fingerprint density at radius 3 is 2.70 bits per heavy atom. The molecule has 106 valence electrons. The molecule has 0 unspecified atom stereocenters. The number of rotatable bonds is 3. The van der Waals surface area contributed by atoms with E-state index in [0.29, 0.717) is 16.5 Å². The molecule has 2 aromatic rings. The number of amides is 1. The van der Waals surface area contributed by atoms with E-state index in [4.69, 9.17) is 10.5 Å². The third-order valence-electron chi connectivity index (χ3n) is 3.44. The highest BCUT2D eigenvalue weighted by Crippen LogP contribution is 2.26. The van der Waals surface area contributed by atoms with E-state index in [1.807, 2.05) is 13.8 Å². The van der Waals surface area contributed by atoms with Crippen LogP contribution in [0, 0.1) is 19.7 Å². The van der Waals surface area contributed by atoms with Crippen molar-refractivity contribution in [2.24, 2.45) is 5.73 Å². The molecule has 0 saturated heterocycles. The van der Waals surface area contributed by atoms with Gasteiger partial charge in [0.1, 0.15) is 12.4 Å². The molecule has 2 rings (SSSR count). The normalized spacial score (nSPS) is 10.8. The second-order valence-electron chi connectivity index (χ2n) is 4.74. The van der Waals surface area contributed by atoms with Crippen LogP contribution < -0.4 is 5.73 Å². The zero-order valence-electron chi connectivity index (χ0n) is 11.8. The number of carbonyl (C=O) groups excluding carboxylic acids is 1. The predicted octanol–water partition coefficient (Wildman–Crippen LogP) is 3.15. The van der Waals surface area contributed by atoms with Gasteiger partial charge in [-0.2, -0.15) is 0 Å². The van der Waals surface area contributed by atoms with Crippen molar-refractivity contribution in [1.29, 1.82) is 0 Å². The minimum atomic E-state index is -0.847. The number of benzene rings is 1. The highest BCUT2D eigenvalue weighted by Gasteiger charge is 2.14. The molecule has 5 heteroatoms. The van der Waals surface area contributed by atoms with Crippen molar-refractivity contribution >= 4 is 17.0 Å². The molecule has 0 aliphatic heterocycles. The molecule has 0 saturated carbocycles. The van der Waals surface area contributed by atoms with Crippen molar-refractivity contribution in [1.82, 2.24) is 4.98 Å². The lowest BCUT2D eigenvalue weighted by molar-refractivity contribution is 0.150. The summed E-state index contributed by atoms with van der Waals surface area (Å²) in [6, 6.07) is 3.14. The lowest BCUT2D eigenvalue weighted by Crippen LogP contribution is -2.14. The van der Waals surface area contributed by atoms with Gasteiger partial charge in [-0.05, 0) is 43.5 Å². The standard InChI is InChI=1S/C15H17FN2O2/c1-4-13-9(3)11(7-20-15(17)19)10-6-12(16)8(2)5-14(10)18-13/h5-6H,4,7H2,1-3H3,(H2,17,19). The highest BCUT2D eigenvalue weighted by molar-refractivity contribution is 5.84. The number of fused-ring (bicyclic) bond motifs is 1. The zero-order chi connectivity index (χ0) is 14.9. The molecule has 20 heavy (non-hydrogen) atoms. The van der Waals surface area contributed by atoms with Gasteiger partial charge in [-0.25, -0.2) is 9.18 Å². The largest absolute Gasteiger partial charge is 0.445 e. The van der Waals surface area contributed by atoms with Gasteiger partial charge in [0.05, 0.1) is 5.52 Å². The quantitative estimate of drug-likeness (QED) is 0.936. The van der Waals surface area contributed by atoms with Crippen LogP contribution in [-0.4, -0.2) is 11.1 Å². The first-order valence-corrected chi connectivity index (χ1v) is 6.44. The fraction of sp³-hybridized carbons (Fsp3) is 0.333. The van der Waals surface area contributed by atoms with Crippen LogP contribution in [-0.2, 0) is 17.8 Å². The summed E-state index contributed by atoms with van der Waals surface area (Å²) in [4.78, 5) is 15.4. The van der Waals surface area contributed by atoms with Gasteiger partial charge in [0, 0.05) is 16.6 Å². The van der Waals surface area contributed by atoms with Crippen LogP contribution in [0.1, 0.15) is 29.3 Å². The lowest BCUT2D eigenvalue weighted by Gasteiger charge is -2.14. The Balaban J connectivity index is 2.69. The lowest BCUT2D eigenvalue weighted by atomic mass is 9.99. The van der Waals surface area contributed by atoms with Gasteiger partial charge in [-0.3, -0.25) is 4.98 Å². The summed E-state index contributed by atoms with van der Waals surface area (Å²) >= 11 is 0. The van der Waals surface area contributed by atoms with Crippen molar-refractivity contribution in [3.05, 3.63) is 40.3 Å². The monoisotopic (exact) mass is 276 g/mol. The minimum Gasteiger partial charge on any atom is -0.445 e. The minimum absolute atomic E-state index is 0.0235. The van der Waals surface area contributed by atoms with Crippen molar-refractivity contribution in [3.8, 4) is 0 Å². The Labute approximate surface area is 116 Å². The number of halogens is 1. The van der Waals surface area contributed by atoms with Crippen LogP contribution in [0.5, 0.6) is 0 Å². The SMILES string of the molecule is CCc1nc2cc(C)c(F)cc2c(COC(N)=O)c1C. The molecule has 1 aromatic carbocycles. The van der Waals surface area contributed by atoms with Crippen LogP contribution >= 0.6 is 0 Å². The van der Waals surface area contributed by atoms with Gasteiger partial charge in [-0.1, -0.05) is 6.92 Å². The summed E-state index contributed by atoms with van der Waals surface area (Å²) < 4.78 is 18.7. The molecule has 1 amide bonds. The number of nitrogens with two attached hydrogens (primary N) is 1. The van der Waals surface area contributed by atoms with E-state index in [0.717, 1.165) is 23.2 Å². The Bertz CT molecular complexity index is 683. The van der Waals surface area contributed by atoms with Crippen LogP contribution in [0.4, 0.5) is 9.18 Å². The molecule has 0 spiro atoms. The molecular formula is C15H17FN2O2. The summed E-state index contributed by atoms with van der Waals surface area (Å²) in [6.07, 6.45) is -0.0955. The van der Waals surface area contributed by atoms with Crippen molar-refractivity contribution in [3.63, 3.8) is 0 Å². The number of hydrogen-bond acceptors (Lipinski definition) is 3. The zero-order valence-corrected chi connectivity index (χ0v) is 11.8. The molecule has 0 aliphatic carbocycles.